The molecule has 0 aromatic heterocycles. The maximum Gasteiger partial charge on any atom is 0.124 e. The summed E-state index contributed by atoms with van der Waals surface area (Å²) in [5.74, 6) is 0.414. The van der Waals surface area contributed by atoms with Crippen LogP contribution in [-0.4, -0.2) is 10.7 Å². The third-order valence-corrected chi connectivity index (χ3v) is 4.73. The van der Waals surface area contributed by atoms with Crippen LogP contribution in [0.5, 0.6) is 0 Å². The van der Waals surface area contributed by atoms with E-state index < -0.39 is 5.60 Å². The molecule has 2 atom stereocenters. The van der Waals surface area contributed by atoms with Gasteiger partial charge >= 0.3 is 0 Å². The lowest BCUT2D eigenvalue weighted by Gasteiger charge is -2.42. The molecule has 1 N–H and O–H groups in total. The molecule has 0 radical (unpaired) electrons. The van der Waals surface area contributed by atoms with E-state index in [0.717, 1.165) is 24.8 Å². The Bertz CT molecular complexity index is 446. The molecular formula is C16H22ClFO. The molecule has 2 rings (SSSR count). The SMILES string of the molecule is CC(C)C1CCCCC1(O)Cc1ccc(F)cc1Cl. The van der Waals surface area contributed by atoms with Crippen molar-refractivity contribution in [2.75, 3.05) is 0 Å². The van der Waals surface area contributed by atoms with Gasteiger partial charge in [0, 0.05) is 11.4 Å². The first kappa shape index (κ1) is 14.8. The lowest BCUT2D eigenvalue weighted by Crippen LogP contribution is -2.45. The van der Waals surface area contributed by atoms with E-state index >= 15 is 0 Å². The van der Waals surface area contributed by atoms with Crippen LogP contribution in [0.3, 0.4) is 0 Å². The van der Waals surface area contributed by atoms with Gasteiger partial charge in [-0.15, -0.1) is 0 Å². The Balaban J connectivity index is 2.23. The lowest BCUT2D eigenvalue weighted by atomic mass is 9.68. The van der Waals surface area contributed by atoms with Gasteiger partial charge in [0.2, 0.25) is 0 Å². The van der Waals surface area contributed by atoms with Crippen molar-refractivity contribution in [3.05, 3.63) is 34.6 Å². The van der Waals surface area contributed by atoms with Gasteiger partial charge in [-0.05, 0) is 42.4 Å². The summed E-state index contributed by atoms with van der Waals surface area (Å²) in [5.41, 5.74) is 0.145. The summed E-state index contributed by atoms with van der Waals surface area (Å²) in [7, 11) is 0. The highest BCUT2D eigenvalue weighted by Crippen LogP contribution is 2.41. The first-order chi connectivity index (χ1) is 8.92. The minimum atomic E-state index is -0.701. The zero-order valence-corrected chi connectivity index (χ0v) is 12.4. The average molecular weight is 285 g/mol. The first-order valence-corrected chi connectivity index (χ1v) is 7.46. The predicted octanol–water partition coefficient (Wildman–Crippen LogP) is 4.60. The Morgan fingerprint density at radius 2 is 2.16 bits per heavy atom. The molecule has 0 aliphatic heterocycles. The van der Waals surface area contributed by atoms with E-state index in [2.05, 4.69) is 13.8 Å². The van der Waals surface area contributed by atoms with Crippen molar-refractivity contribution in [3.63, 3.8) is 0 Å². The zero-order chi connectivity index (χ0) is 14.0. The Morgan fingerprint density at radius 3 is 2.79 bits per heavy atom. The largest absolute Gasteiger partial charge is 0.389 e. The summed E-state index contributed by atoms with van der Waals surface area (Å²) in [6, 6.07) is 4.44. The highest BCUT2D eigenvalue weighted by molar-refractivity contribution is 6.31. The lowest BCUT2D eigenvalue weighted by molar-refractivity contribution is -0.0652. The number of hydrogen-bond acceptors (Lipinski definition) is 1. The molecule has 1 aromatic carbocycles. The molecule has 1 saturated carbocycles. The minimum Gasteiger partial charge on any atom is -0.389 e. The maximum atomic E-state index is 13.1. The van der Waals surface area contributed by atoms with Gasteiger partial charge in [-0.2, -0.15) is 0 Å². The van der Waals surface area contributed by atoms with Crippen LogP contribution in [0.15, 0.2) is 18.2 Å². The topological polar surface area (TPSA) is 20.2 Å². The van der Waals surface area contributed by atoms with Crippen LogP contribution < -0.4 is 0 Å². The average Bonchev–Trinajstić information content (AvgIpc) is 2.33. The third-order valence-electron chi connectivity index (χ3n) is 4.38. The second kappa shape index (κ2) is 5.80. The van der Waals surface area contributed by atoms with Crippen LogP contribution in [-0.2, 0) is 6.42 Å². The molecule has 1 aromatic rings. The maximum absolute atomic E-state index is 13.1. The number of rotatable bonds is 3. The fourth-order valence-electron chi connectivity index (χ4n) is 3.42. The van der Waals surface area contributed by atoms with Gasteiger partial charge in [0.15, 0.2) is 0 Å². The quantitative estimate of drug-likeness (QED) is 0.860. The van der Waals surface area contributed by atoms with E-state index in [4.69, 9.17) is 11.6 Å². The third kappa shape index (κ3) is 3.29. The van der Waals surface area contributed by atoms with Crippen LogP contribution in [0.2, 0.25) is 5.02 Å². The highest BCUT2D eigenvalue weighted by Gasteiger charge is 2.40. The molecule has 0 heterocycles. The molecule has 2 unspecified atom stereocenters. The second-order valence-corrected chi connectivity index (χ2v) is 6.52. The molecule has 0 bridgehead atoms. The van der Waals surface area contributed by atoms with Crippen molar-refractivity contribution >= 4 is 11.6 Å². The van der Waals surface area contributed by atoms with E-state index in [1.807, 2.05) is 0 Å². The summed E-state index contributed by atoms with van der Waals surface area (Å²) in [4.78, 5) is 0. The van der Waals surface area contributed by atoms with Gasteiger partial charge in [-0.1, -0.05) is 44.4 Å². The monoisotopic (exact) mass is 284 g/mol. The Kier molecular flexibility index (Phi) is 4.52. The summed E-state index contributed by atoms with van der Waals surface area (Å²) in [6.45, 7) is 4.32. The van der Waals surface area contributed by atoms with Crippen LogP contribution in [0.4, 0.5) is 4.39 Å². The Hall–Kier alpha value is -0.600. The first-order valence-electron chi connectivity index (χ1n) is 7.09. The van der Waals surface area contributed by atoms with E-state index in [1.54, 1.807) is 6.07 Å². The van der Waals surface area contributed by atoms with Gasteiger partial charge in [-0.3, -0.25) is 0 Å². The number of benzene rings is 1. The fourth-order valence-corrected chi connectivity index (χ4v) is 3.65. The van der Waals surface area contributed by atoms with Crippen molar-refractivity contribution in [2.45, 2.75) is 51.6 Å². The van der Waals surface area contributed by atoms with E-state index in [1.165, 1.54) is 18.6 Å². The molecule has 106 valence electrons. The van der Waals surface area contributed by atoms with E-state index in [0.29, 0.717) is 23.3 Å². The normalized spacial score (nSPS) is 27.8. The molecule has 1 nitrogen and oxygen atoms in total. The van der Waals surface area contributed by atoms with Crippen LogP contribution in [0.1, 0.15) is 45.1 Å². The van der Waals surface area contributed by atoms with Gasteiger partial charge in [0.25, 0.3) is 0 Å². The van der Waals surface area contributed by atoms with Gasteiger partial charge < -0.3 is 5.11 Å². The molecule has 0 amide bonds. The Morgan fingerprint density at radius 1 is 1.42 bits per heavy atom. The van der Waals surface area contributed by atoms with Crippen molar-refractivity contribution in [2.24, 2.45) is 11.8 Å². The second-order valence-electron chi connectivity index (χ2n) is 6.11. The summed E-state index contributed by atoms with van der Waals surface area (Å²) >= 11 is 6.09. The van der Waals surface area contributed by atoms with Crippen LogP contribution in [0, 0.1) is 17.7 Å². The minimum absolute atomic E-state index is 0.294. The highest BCUT2D eigenvalue weighted by atomic mass is 35.5. The van der Waals surface area contributed by atoms with Crippen LogP contribution >= 0.6 is 11.6 Å². The van der Waals surface area contributed by atoms with Gasteiger partial charge in [-0.25, -0.2) is 4.39 Å². The van der Waals surface area contributed by atoms with Gasteiger partial charge in [0.1, 0.15) is 5.82 Å². The number of halogens is 2. The van der Waals surface area contributed by atoms with E-state index in [-0.39, 0.29) is 5.82 Å². The molecule has 3 heteroatoms. The molecule has 1 fully saturated rings. The molecule has 0 saturated heterocycles. The van der Waals surface area contributed by atoms with E-state index in [9.17, 15) is 9.50 Å². The number of aliphatic hydroxyl groups is 1. The van der Waals surface area contributed by atoms with Crippen molar-refractivity contribution in [3.8, 4) is 0 Å². The van der Waals surface area contributed by atoms with Crippen molar-refractivity contribution in [1.29, 1.82) is 0 Å². The zero-order valence-electron chi connectivity index (χ0n) is 11.6. The molecule has 1 aliphatic carbocycles. The van der Waals surface area contributed by atoms with Crippen LogP contribution in [0.25, 0.3) is 0 Å². The summed E-state index contributed by atoms with van der Waals surface area (Å²) in [5, 5.41) is 11.4. The Labute approximate surface area is 119 Å². The smallest absolute Gasteiger partial charge is 0.124 e. The summed E-state index contributed by atoms with van der Waals surface area (Å²) < 4.78 is 13.1. The molecule has 0 spiro atoms. The summed E-state index contributed by atoms with van der Waals surface area (Å²) in [6.07, 6.45) is 4.63. The van der Waals surface area contributed by atoms with Crippen molar-refractivity contribution in [1.82, 2.24) is 0 Å². The van der Waals surface area contributed by atoms with Crippen molar-refractivity contribution < 1.29 is 9.50 Å². The van der Waals surface area contributed by atoms with Gasteiger partial charge in [0.05, 0.1) is 5.60 Å². The predicted molar refractivity (Wildman–Crippen MR) is 76.9 cm³/mol. The number of hydrogen-bond donors (Lipinski definition) is 1. The fraction of sp³-hybridized carbons (Fsp3) is 0.625. The molecule has 1 aliphatic rings. The molecule has 19 heavy (non-hydrogen) atoms. The standard InChI is InChI=1S/C16H22ClFO/c1-11(2)14-5-3-4-8-16(14,19)10-12-6-7-13(18)9-15(12)17/h6-7,9,11,14,19H,3-5,8,10H2,1-2H3. The molecular weight excluding hydrogens is 263 g/mol.